The highest BCUT2D eigenvalue weighted by Gasteiger charge is 2.26. The first-order chi connectivity index (χ1) is 16.4. The van der Waals surface area contributed by atoms with Crippen molar-refractivity contribution in [1.29, 1.82) is 0 Å². The second-order valence-electron chi connectivity index (χ2n) is 10.4. The van der Waals surface area contributed by atoms with E-state index < -0.39 is 0 Å². The molecule has 190 valence electrons. The first-order valence-corrected chi connectivity index (χ1v) is 12.7. The van der Waals surface area contributed by atoms with Gasteiger partial charge < -0.3 is 4.74 Å². The van der Waals surface area contributed by atoms with E-state index in [1.807, 2.05) is 51.2 Å². The molecule has 2 heteroatoms. The Morgan fingerprint density at radius 3 is 1.89 bits per heavy atom. The zero-order valence-electron chi connectivity index (χ0n) is 23.4. The van der Waals surface area contributed by atoms with Crippen LogP contribution in [0.2, 0.25) is 0 Å². The maximum atomic E-state index is 11.8. The van der Waals surface area contributed by atoms with Gasteiger partial charge in [-0.15, -0.1) is 0 Å². The van der Waals surface area contributed by atoms with E-state index in [4.69, 9.17) is 4.74 Å². The molecule has 1 aliphatic carbocycles. The molecule has 0 spiro atoms. The van der Waals surface area contributed by atoms with Crippen molar-refractivity contribution in [2.75, 3.05) is 0 Å². The lowest BCUT2D eigenvalue weighted by molar-refractivity contribution is -0.142. The van der Waals surface area contributed by atoms with E-state index in [-0.39, 0.29) is 17.5 Å². The molecule has 0 amide bonds. The van der Waals surface area contributed by atoms with Gasteiger partial charge in [0.2, 0.25) is 0 Å². The van der Waals surface area contributed by atoms with Crippen molar-refractivity contribution < 1.29 is 9.53 Å². The molecule has 0 heterocycles. The lowest BCUT2D eigenvalue weighted by Crippen LogP contribution is -2.19. The van der Waals surface area contributed by atoms with Crippen LogP contribution in [0.5, 0.6) is 0 Å². The highest BCUT2D eigenvalue weighted by atomic mass is 16.5. The third kappa shape index (κ3) is 12.4. The van der Waals surface area contributed by atoms with E-state index in [2.05, 4.69) is 71.1 Å². The minimum Gasteiger partial charge on any atom is -0.460 e. The van der Waals surface area contributed by atoms with E-state index in [0.717, 1.165) is 5.57 Å². The Kier molecular flexibility index (Phi) is 13.1. The summed E-state index contributed by atoms with van der Waals surface area (Å²) in [6.07, 6.45) is 28.4. The molecule has 0 aromatic carbocycles. The summed E-state index contributed by atoms with van der Waals surface area (Å²) in [5.74, 6) is -0.276. The Labute approximate surface area is 214 Å². The summed E-state index contributed by atoms with van der Waals surface area (Å²) in [7, 11) is 0. The van der Waals surface area contributed by atoms with Gasteiger partial charge in [-0.05, 0) is 78.7 Å². The van der Waals surface area contributed by atoms with Crippen LogP contribution in [0.4, 0.5) is 0 Å². The molecule has 0 fully saturated rings. The molecule has 0 bridgehead atoms. The Bertz CT molecular complexity index is 996. The number of esters is 1. The standard InChI is InChI=1S/C33H46O2/c1-25(2)35-32(34)30(7)20-13-19-27(4)16-11-10-15-26(3)17-12-18-28(5)22-23-31-29(6)21-14-24-33(31,8)9/h10-13,15-20,22-23,25H,14,21,24H2,1-9H3/b11-10+,17-12+,19-13+,23-22+,26-15+,27-16+,28-18+,30-20-. The molecule has 2 nitrogen and oxygen atoms in total. The summed E-state index contributed by atoms with van der Waals surface area (Å²) < 4.78 is 5.17. The smallest absolute Gasteiger partial charge is 0.333 e. The summed E-state index contributed by atoms with van der Waals surface area (Å²) in [5.41, 5.74) is 7.43. The maximum absolute atomic E-state index is 11.8. The summed E-state index contributed by atoms with van der Waals surface area (Å²) in [5, 5.41) is 0. The summed E-state index contributed by atoms with van der Waals surface area (Å²) in [6.45, 7) is 18.7. The first-order valence-electron chi connectivity index (χ1n) is 12.7. The van der Waals surface area contributed by atoms with Gasteiger partial charge in [0.25, 0.3) is 0 Å². The van der Waals surface area contributed by atoms with Crippen molar-refractivity contribution in [2.45, 2.75) is 87.7 Å². The van der Waals surface area contributed by atoms with Crippen molar-refractivity contribution in [2.24, 2.45) is 5.41 Å². The van der Waals surface area contributed by atoms with Gasteiger partial charge in [0.1, 0.15) is 0 Å². The molecule has 0 aromatic rings. The monoisotopic (exact) mass is 474 g/mol. The highest BCUT2D eigenvalue weighted by Crippen LogP contribution is 2.40. The number of hydrogen-bond donors (Lipinski definition) is 0. The molecule has 1 aliphatic rings. The van der Waals surface area contributed by atoms with Crippen molar-refractivity contribution in [3.63, 3.8) is 0 Å². The van der Waals surface area contributed by atoms with Gasteiger partial charge in [-0.1, -0.05) is 109 Å². The molecule has 0 radical (unpaired) electrons. The predicted molar refractivity (Wildman–Crippen MR) is 153 cm³/mol. The molecule has 0 unspecified atom stereocenters. The quantitative estimate of drug-likeness (QED) is 0.179. The van der Waals surface area contributed by atoms with Crippen molar-refractivity contribution in [1.82, 2.24) is 0 Å². The molecular weight excluding hydrogens is 428 g/mol. The third-order valence-electron chi connectivity index (χ3n) is 5.97. The number of rotatable bonds is 10. The van der Waals surface area contributed by atoms with Gasteiger partial charge in [0.05, 0.1) is 6.10 Å². The van der Waals surface area contributed by atoms with Crippen LogP contribution >= 0.6 is 0 Å². The maximum Gasteiger partial charge on any atom is 0.333 e. The second-order valence-corrected chi connectivity index (χ2v) is 10.4. The average molecular weight is 475 g/mol. The molecule has 0 aromatic heterocycles. The lowest BCUT2D eigenvalue weighted by Gasteiger charge is -2.32. The Morgan fingerprint density at radius 1 is 0.829 bits per heavy atom. The van der Waals surface area contributed by atoms with Gasteiger partial charge in [-0.25, -0.2) is 4.79 Å². The van der Waals surface area contributed by atoms with Crippen LogP contribution in [0.25, 0.3) is 0 Å². The lowest BCUT2D eigenvalue weighted by atomic mass is 9.72. The minimum absolute atomic E-state index is 0.106. The van der Waals surface area contributed by atoms with Crippen LogP contribution in [-0.2, 0) is 9.53 Å². The van der Waals surface area contributed by atoms with E-state index in [0.29, 0.717) is 5.57 Å². The van der Waals surface area contributed by atoms with E-state index >= 15 is 0 Å². The van der Waals surface area contributed by atoms with Gasteiger partial charge >= 0.3 is 5.97 Å². The van der Waals surface area contributed by atoms with Gasteiger partial charge in [-0.2, -0.15) is 0 Å². The zero-order valence-corrected chi connectivity index (χ0v) is 23.4. The Balaban J connectivity index is 2.63. The van der Waals surface area contributed by atoms with Crippen LogP contribution < -0.4 is 0 Å². The number of allylic oxidation sites excluding steroid dienone is 17. The van der Waals surface area contributed by atoms with Crippen molar-refractivity contribution >= 4 is 5.97 Å². The molecule has 35 heavy (non-hydrogen) atoms. The largest absolute Gasteiger partial charge is 0.460 e. The molecule has 0 N–H and O–H groups in total. The molecule has 1 rings (SSSR count). The molecular formula is C33H46O2. The van der Waals surface area contributed by atoms with Crippen molar-refractivity contribution in [3.8, 4) is 0 Å². The summed E-state index contributed by atoms with van der Waals surface area (Å²) in [4.78, 5) is 11.8. The second kappa shape index (κ2) is 15.2. The SMILES string of the molecule is CC1=C(/C=C/C(C)=C/C=C/C(C)=C/C=C/C=C(C)/C=C/C=C(/C)C(=O)OC(C)C)C(C)(C)CCC1. The van der Waals surface area contributed by atoms with Crippen molar-refractivity contribution in [3.05, 3.63) is 106 Å². The topological polar surface area (TPSA) is 26.3 Å². The van der Waals surface area contributed by atoms with E-state index in [1.165, 1.54) is 41.6 Å². The fraction of sp³-hybridized carbons (Fsp3) is 0.424. The highest BCUT2D eigenvalue weighted by molar-refractivity contribution is 5.88. The van der Waals surface area contributed by atoms with Crippen LogP contribution in [0, 0.1) is 5.41 Å². The molecule has 0 atom stereocenters. The van der Waals surface area contributed by atoms with Crippen LogP contribution in [0.15, 0.2) is 106 Å². The first kappa shape index (κ1) is 30.2. The number of ether oxygens (including phenoxy) is 1. The molecule has 0 saturated carbocycles. The van der Waals surface area contributed by atoms with E-state index in [9.17, 15) is 4.79 Å². The Hall–Kier alpha value is -2.87. The third-order valence-corrected chi connectivity index (χ3v) is 5.97. The fourth-order valence-corrected chi connectivity index (χ4v) is 3.88. The summed E-state index contributed by atoms with van der Waals surface area (Å²) in [6, 6.07) is 0. The van der Waals surface area contributed by atoms with Crippen LogP contribution in [-0.4, -0.2) is 12.1 Å². The number of carbonyl (C=O) groups is 1. The molecule has 0 saturated heterocycles. The van der Waals surface area contributed by atoms with Crippen LogP contribution in [0.3, 0.4) is 0 Å². The van der Waals surface area contributed by atoms with E-state index in [1.54, 1.807) is 13.0 Å². The van der Waals surface area contributed by atoms with Crippen LogP contribution in [0.1, 0.15) is 81.6 Å². The van der Waals surface area contributed by atoms with Gasteiger partial charge in [0.15, 0.2) is 0 Å². The fourth-order valence-electron chi connectivity index (χ4n) is 3.88. The minimum atomic E-state index is -0.276. The Morgan fingerprint density at radius 2 is 1.34 bits per heavy atom. The average Bonchev–Trinajstić information content (AvgIpc) is 2.75. The predicted octanol–water partition coefficient (Wildman–Crippen LogP) is 9.47. The van der Waals surface area contributed by atoms with Gasteiger partial charge in [-0.3, -0.25) is 0 Å². The zero-order chi connectivity index (χ0) is 26.4. The normalized spacial score (nSPS) is 18.8. The summed E-state index contributed by atoms with van der Waals surface area (Å²) >= 11 is 0. The van der Waals surface area contributed by atoms with Gasteiger partial charge in [0, 0.05) is 5.57 Å². The number of hydrogen-bond acceptors (Lipinski definition) is 2. The number of carbonyl (C=O) groups excluding carboxylic acids is 1. The molecule has 0 aliphatic heterocycles.